The number of nitrogens with zero attached hydrogens (tertiary/aromatic N) is 3. The van der Waals surface area contributed by atoms with Gasteiger partial charge in [0.25, 0.3) is 0 Å². The van der Waals surface area contributed by atoms with Gasteiger partial charge in [0.05, 0.1) is 5.39 Å². The van der Waals surface area contributed by atoms with Gasteiger partial charge >= 0.3 is 6.09 Å². The summed E-state index contributed by atoms with van der Waals surface area (Å²) < 4.78 is 7.25. The standard InChI is InChI=1S/C16H17N5O2/c1-10(2)21-9-8-12-13(21)19-15(17)20-14(12)23-16(22)18-11-6-4-3-5-7-11/h3-10H,1-2H3,(H,18,22)(H2,17,19,20). The van der Waals surface area contributed by atoms with Crippen molar-refractivity contribution >= 4 is 28.8 Å². The van der Waals surface area contributed by atoms with Gasteiger partial charge in [-0.15, -0.1) is 0 Å². The van der Waals surface area contributed by atoms with Gasteiger partial charge in [-0.05, 0) is 32.0 Å². The number of carbonyl (C=O) groups excluding carboxylic acids is 1. The zero-order valence-electron chi connectivity index (χ0n) is 12.9. The second-order valence-corrected chi connectivity index (χ2v) is 5.32. The fraction of sp³-hybridized carbons (Fsp3) is 0.188. The molecule has 0 atom stereocenters. The zero-order chi connectivity index (χ0) is 16.4. The monoisotopic (exact) mass is 311 g/mol. The second-order valence-electron chi connectivity index (χ2n) is 5.32. The van der Waals surface area contributed by atoms with Crippen LogP contribution in [0.25, 0.3) is 11.0 Å². The largest absolute Gasteiger partial charge is 0.418 e. The van der Waals surface area contributed by atoms with Crippen molar-refractivity contribution in [3.63, 3.8) is 0 Å². The number of nitrogens with two attached hydrogens (primary N) is 1. The number of rotatable bonds is 3. The SMILES string of the molecule is CC(C)n1ccc2c(OC(=O)Nc3ccccc3)nc(N)nc21. The lowest BCUT2D eigenvalue weighted by molar-refractivity contribution is 0.214. The van der Waals surface area contributed by atoms with Crippen molar-refractivity contribution in [2.75, 3.05) is 11.1 Å². The van der Waals surface area contributed by atoms with Crippen LogP contribution >= 0.6 is 0 Å². The molecule has 118 valence electrons. The minimum atomic E-state index is -0.632. The number of nitrogen functional groups attached to an aromatic ring is 1. The lowest BCUT2D eigenvalue weighted by Gasteiger charge is -2.10. The molecule has 0 aliphatic rings. The first-order chi connectivity index (χ1) is 11.0. The molecule has 0 spiro atoms. The lowest BCUT2D eigenvalue weighted by atomic mass is 10.3. The van der Waals surface area contributed by atoms with E-state index < -0.39 is 6.09 Å². The molecule has 1 amide bonds. The maximum Gasteiger partial charge on any atom is 0.418 e. The van der Waals surface area contributed by atoms with E-state index in [9.17, 15) is 4.79 Å². The third-order valence-electron chi connectivity index (χ3n) is 3.32. The number of fused-ring (bicyclic) bond motifs is 1. The van der Waals surface area contributed by atoms with E-state index in [1.54, 1.807) is 18.2 Å². The van der Waals surface area contributed by atoms with E-state index in [1.807, 2.05) is 42.8 Å². The first kappa shape index (κ1) is 14.8. The van der Waals surface area contributed by atoms with Crippen molar-refractivity contribution in [2.24, 2.45) is 0 Å². The Morgan fingerprint density at radius 3 is 2.65 bits per heavy atom. The summed E-state index contributed by atoms with van der Waals surface area (Å²) in [6.45, 7) is 4.06. The highest BCUT2D eigenvalue weighted by Crippen LogP contribution is 2.26. The van der Waals surface area contributed by atoms with Crippen LogP contribution in [0.15, 0.2) is 42.6 Å². The Kier molecular flexibility index (Phi) is 3.84. The summed E-state index contributed by atoms with van der Waals surface area (Å²) in [6.07, 6.45) is 1.23. The van der Waals surface area contributed by atoms with Crippen LogP contribution in [0.5, 0.6) is 5.88 Å². The summed E-state index contributed by atoms with van der Waals surface area (Å²) in [6, 6.07) is 11.0. The number of anilines is 2. The molecule has 0 unspecified atom stereocenters. The molecule has 0 fully saturated rings. The summed E-state index contributed by atoms with van der Waals surface area (Å²) >= 11 is 0. The molecule has 3 rings (SSSR count). The maximum atomic E-state index is 12.0. The Labute approximate surface area is 133 Å². The van der Waals surface area contributed by atoms with Crippen LogP contribution in [-0.4, -0.2) is 20.6 Å². The average molecular weight is 311 g/mol. The molecule has 1 aromatic carbocycles. The predicted molar refractivity (Wildman–Crippen MR) is 88.4 cm³/mol. The second kappa shape index (κ2) is 5.96. The molecule has 0 saturated carbocycles. The molecule has 0 aliphatic heterocycles. The van der Waals surface area contributed by atoms with Gasteiger partial charge in [0.2, 0.25) is 11.8 Å². The van der Waals surface area contributed by atoms with Crippen molar-refractivity contribution in [2.45, 2.75) is 19.9 Å². The van der Waals surface area contributed by atoms with E-state index >= 15 is 0 Å². The van der Waals surface area contributed by atoms with Crippen molar-refractivity contribution in [3.8, 4) is 5.88 Å². The smallest absolute Gasteiger partial charge is 0.390 e. The molecule has 2 aromatic heterocycles. The summed E-state index contributed by atoms with van der Waals surface area (Å²) in [4.78, 5) is 20.3. The van der Waals surface area contributed by atoms with Crippen LogP contribution in [-0.2, 0) is 0 Å². The molecule has 3 aromatic rings. The first-order valence-corrected chi connectivity index (χ1v) is 7.22. The average Bonchev–Trinajstić information content (AvgIpc) is 2.92. The number of aromatic nitrogens is 3. The summed E-state index contributed by atoms with van der Waals surface area (Å²) in [5.74, 6) is 0.195. The number of amides is 1. The van der Waals surface area contributed by atoms with Crippen molar-refractivity contribution < 1.29 is 9.53 Å². The molecule has 0 aliphatic carbocycles. The van der Waals surface area contributed by atoms with E-state index in [0.29, 0.717) is 16.7 Å². The molecule has 0 radical (unpaired) electrons. The molecule has 0 bridgehead atoms. The Bertz CT molecular complexity index is 842. The topological polar surface area (TPSA) is 95.1 Å². The minimum Gasteiger partial charge on any atom is -0.390 e. The fourth-order valence-corrected chi connectivity index (χ4v) is 2.27. The van der Waals surface area contributed by atoms with Crippen LogP contribution in [0, 0.1) is 0 Å². The van der Waals surface area contributed by atoms with Crippen molar-refractivity contribution in [1.29, 1.82) is 0 Å². The van der Waals surface area contributed by atoms with Gasteiger partial charge in [-0.1, -0.05) is 18.2 Å². The molecule has 2 heterocycles. The Morgan fingerprint density at radius 2 is 1.96 bits per heavy atom. The Hall–Kier alpha value is -3.09. The quantitative estimate of drug-likeness (QED) is 0.774. The highest BCUT2D eigenvalue weighted by atomic mass is 16.6. The van der Waals surface area contributed by atoms with Crippen LogP contribution in [0.1, 0.15) is 19.9 Å². The van der Waals surface area contributed by atoms with E-state index in [0.717, 1.165) is 0 Å². The van der Waals surface area contributed by atoms with Gasteiger partial charge < -0.3 is 15.0 Å². The summed E-state index contributed by atoms with van der Waals surface area (Å²) in [7, 11) is 0. The van der Waals surface area contributed by atoms with Crippen LogP contribution in [0.2, 0.25) is 0 Å². The number of hydrogen-bond acceptors (Lipinski definition) is 5. The van der Waals surface area contributed by atoms with E-state index in [-0.39, 0.29) is 17.9 Å². The third kappa shape index (κ3) is 3.08. The molecular weight excluding hydrogens is 294 g/mol. The number of carbonyl (C=O) groups is 1. The highest BCUT2D eigenvalue weighted by molar-refractivity contribution is 5.90. The maximum absolute atomic E-state index is 12.0. The van der Waals surface area contributed by atoms with Gasteiger partial charge in [0, 0.05) is 17.9 Å². The summed E-state index contributed by atoms with van der Waals surface area (Å²) in [5, 5.41) is 3.27. The van der Waals surface area contributed by atoms with Gasteiger partial charge in [0.15, 0.2) is 0 Å². The van der Waals surface area contributed by atoms with E-state index in [2.05, 4.69) is 15.3 Å². The van der Waals surface area contributed by atoms with Gasteiger partial charge in [0.1, 0.15) is 5.65 Å². The highest BCUT2D eigenvalue weighted by Gasteiger charge is 2.16. The van der Waals surface area contributed by atoms with Gasteiger partial charge in [-0.25, -0.2) is 4.79 Å². The van der Waals surface area contributed by atoms with Crippen LogP contribution in [0.3, 0.4) is 0 Å². The number of hydrogen-bond donors (Lipinski definition) is 2. The van der Waals surface area contributed by atoms with Gasteiger partial charge in [-0.3, -0.25) is 5.32 Å². The van der Waals surface area contributed by atoms with Crippen molar-refractivity contribution in [3.05, 3.63) is 42.6 Å². The Morgan fingerprint density at radius 1 is 1.22 bits per heavy atom. The molecule has 23 heavy (non-hydrogen) atoms. The first-order valence-electron chi connectivity index (χ1n) is 7.22. The number of ether oxygens (including phenoxy) is 1. The van der Waals surface area contributed by atoms with Gasteiger partial charge in [-0.2, -0.15) is 9.97 Å². The van der Waals surface area contributed by atoms with E-state index in [4.69, 9.17) is 10.5 Å². The minimum absolute atomic E-state index is 0.0561. The fourth-order valence-electron chi connectivity index (χ4n) is 2.27. The molecule has 7 heteroatoms. The normalized spacial score (nSPS) is 10.9. The third-order valence-corrected chi connectivity index (χ3v) is 3.32. The predicted octanol–water partition coefficient (Wildman–Crippen LogP) is 3.21. The van der Waals surface area contributed by atoms with Crippen molar-refractivity contribution in [1.82, 2.24) is 14.5 Å². The molecule has 3 N–H and O–H groups in total. The number of para-hydroxylation sites is 1. The molecular formula is C16H17N5O2. The van der Waals surface area contributed by atoms with Crippen LogP contribution < -0.4 is 15.8 Å². The lowest BCUT2D eigenvalue weighted by Crippen LogP contribution is -2.18. The van der Waals surface area contributed by atoms with Crippen LogP contribution in [0.4, 0.5) is 16.4 Å². The Balaban J connectivity index is 1.89. The zero-order valence-corrected chi connectivity index (χ0v) is 12.9. The molecule has 0 saturated heterocycles. The summed E-state index contributed by atoms with van der Waals surface area (Å²) in [5.41, 5.74) is 7.00. The number of benzene rings is 1. The molecule has 7 nitrogen and oxygen atoms in total. The van der Waals surface area contributed by atoms with E-state index in [1.165, 1.54) is 0 Å². The number of nitrogens with one attached hydrogen (secondary N) is 1.